The van der Waals surface area contributed by atoms with Gasteiger partial charge in [-0.05, 0) is 44.0 Å². The summed E-state index contributed by atoms with van der Waals surface area (Å²) in [5.41, 5.74) is 1.86. The molecule has 0 spiro atoms. The third-order valence-electron chi connectivity index (χ3n) is 4.40. The van der Waals surface area contributed by atoms with Gasteiger partial charge in [-0.2, -0.15) is 0 Å². The zero-order valence-corrected chi connectivity index (χ0v) is 13.9. The first kappa shape index (κ1) is 16.5. The number of halogens is 1. The van der Waals surface area contributed by atoms with Crippen LogP contribution in [0.4, 0.5) is 4.39 Å². The van der Waals surface area contributed by atoms with Crippen molar-refractivity contribution in [3.8, 4) is 0 Å². The van der Waals surface area contributed by atoms with Gasteiger partial charge in [0.05, 0.1) is 5.92 Å². The minimum Gasteiger partial charge on any atom is -0.361 e. The highest BCUT2D eigenvalue weighted by Crippen LogP contribution is 2.22. The molecule has 24 heavy (non-hydrogen) atoms. The lowest BCUT2D eigenvalue weighted by Gasteiger charge is -2.17. The molecule has 0 radical (unpaired) electrons. The number of fused-ring (bicyclic) bond motifs is 1. The molecule has 0 bridgehead atoms. The number of benzene rings is 1. The first-order chi connectivity index (χ1) is 11.4. The second-order valence-electron chi connectivity index (χ2n) is 6.66. The zero-order valence-electron chi connectivity index (χ0n) is 13.9. The largest absolute Gasteiger partial charge is 0.361 e. The van der Waals surface area contributed by atoms with Gasteiger partial charge in [-0.3, -0.25) is 9.59 Å². The normalized spacial score (nSPS) is 17.9. The van der Waals surface area contributed by atoms with E-state index in [1.54, 1.807) is 11.0 Å². The number of nitrogens with zero attached hydrogens (tertiary/aromatic N) is 1. The predicted molar refractivity (Wildman–Crippen MR) is 89.9 cm³/mol. The fourth-order valence-electron chi connectivity index (χ4n) is 3.18. The molecule has 1 saturated heterocycles. The van der Waals surface area contributed by atoms with Crippen LogP contribution in [-0.2, 0) is 16.0 Å². The van der Waals surface area contributed by atoms with Crippen LogP contribution in [0.5, 0.6) is 0 Å². The van der Waals surface area contributed by atoms with Crippen molar-refractivity contribution in [3.63, 3.8) is 0 Å². The van der Waals surface area contributed by atoms with Crippen LogP contribution in [0.2, 0.25) is 0 Å². The van der Waals surface area contributed by atoms with E-state index in [-0.39, 0.29) is 36.0 Å². The molecule has 5 nitrogen and oxygen atoms in total. The Morgan fingerprint density at radius 2 is 2.25 bits per heavy atom. The highest BCUT2D eigenvalue weighted by Gasteiger charge is 2.34. The van der Waals surface area contributed by atoms with E-state index in [9.17, 15) is 14.0 Å². The number of carbonyl (C=O) groups excluding carboxylic acids is 2. The summed E-state index contributed by atoms with van der Waals surface area (Å²) in [6.07, 6.45) is 2.75. The van der Waals surface area contributed by atoms with Gasteiger partial charge < -0.3 is 15.2 Å². The Kier molecular flexibility index (Phi) is 4.55. The summed E-state index contributed by atoms with van der Waals surface area (Å²) >= 11 is 0. The lowest BCUT2D eigenvalue weighted by Crippen LogP contribution is -2.37. The van der Waals surface area contributed by atoms with Gasteiger partial charge in [0.15, 0.2) is 0 Å². The van der Waals surface area contributed by atoms with Crippen molar-refractivity contribution in [2.75, 3.05) is 13.1 Å². The Balaban J connectivity index is 1.63. The van der Waals surface area contributed by atoms with Gasteiger partial charge in [0.1, 0.15) is 5.82 Å². The molecule has 1 fully saturated rings. The van der Waals surface area contributed by atoms with Gasteiger partial charge in [-0.25, -0.2) is 4.39 Å². The van der Waals surface area contributed by atoms with Crippen molar-refractivity contribution in [3.05, 3.63) is 35.8 Å². The lowest BCUT2D eigenvalue weighted by atomic mass is 10.1. The van der Waals surface area contributed by atoms with E-state index in [1.165, 1.54) is 12.1 Å². The molecule has 6 heteroatoms. The maximum atomic E-state index is 13.4. The zero-order chi connectivity index (χ0) is 17.3. The SMILES string of the molecule is CC(C)NC(=O)[C@H]1CC(=O)N(CCc2c[nH]c3ccc(F)cc23)C1. The van der Waals surface area contributed by atoms with Gasteiger partial charge >= 0.3 is 0 Å². The fraction of sp³-hybridized carbons (Fsp3) is 0.444. The van der Waals surface area contributed by atoms with Crippen LogP contribution in [0.25, 0.3) is 10.9 Å². The van der Waals surface area contributed by atoms with Crippen LogP contribution in [-0.4, -0.2) is 40.8 Å². The summed E-state index contributed by atoms with van der Waals surface area (Å²) in [5.74, 6) is -0.605. The predicted octanol–water partition coefficient (Wildman–Crippen LogP) is 2.22. The van der Waals surface area contributed by atoms with Crippen LogP contribution in [0.3, 0.4) is 0 Å². The van der Waals surface area contributed by atoms with Crippen molar-refractivity contribution >= 4 is 22.7 Å². The molecule has 1 aromatic carbocycles. The van der Waals surface area contributed by atoms with Crippen molar-refractivity contribution in [2.45, 2.75) is 32.7 Å². The maximum Gasteiger partial charge on any atom is 0.225 e. The summed E-state index contributed by atoms with van der Waals surface area (Å²) in [4.78, 5) is 29.0. The third kappa shape index (κ3) is 3.42. The molecular formula is C18H22FN3O2. The number of H-pyrrole nitrogens is 1. The van der Waals surface area contributed by atoms with E-state index in [0.717, 1.165) is 16.5 Å². The van der Waals surface area contributed by atoms with Crippen molar-refractivity contribution in [1.29, 1.82) is 0 Å². The number of likely N-dealkylation sites (tertiary alicyclic amines) is 1. The molecule has 3 rings (SSSR count). The topological polar surface area (TPSA) is 65.2 Å². The summed E-state index contributed by atoms with van der Waals surface area (Å²) in [7, 11) is 0. The molecule has 2 N–H and O–H groups in total. The average molecular weight is 331 g/mol. The third-order valence-corrected chi connectivity index (χ3v) is 4.40. The number of hydrogen-bond acceptors (Lipinski definition) is 2. The van der Waals surface area contributed by atoms with E-state index in [0.29, 0.717) is 19.5 Å². The quantitative estimate of drug-likeness (QED) is 0.882. The molecule has 2 amide bonds. The molecule has 0 aliphatic carbocycles. The molecule has 1 aromatic heterocycles. The molecule has 2 aromatic rings. The number of aromatic amines is 1. The summed E-state index contributed by atoms with van der Waals surface area (Å²) in [6.45, 7) is 4.80. The summed E-state index contributed by atoms with van der Waals surface area (Å²) in [6, 6.07) is 4.71. The second kappa shape index (κ2) is 6.63. The van der Waals surface area contributed by atoms with E-state index < -0.39 is 0 Å². The minimum atomic E-state index is -0.277. The molecule has 1 aliphatic heterocycles. The maximum absolute atomic E-state index is 13.4. The van der Waals surface area contributed by atoms with Gasteiger partial charge in [0.25, 0.3) is 0 Å². The van der Waals surface area contributed by atoms with Crippen molar-refractivity contribution in [1.82, 2.24) is 15.2 Å². The Hall–Kier alpha value is -2.37. The Bertz CT molecular complexity index is 769. The van der Waals surface area contributed by atoms with Gasteiger partial charge in [0.2, 0.25) is 11.8 Å². The number of rotatable bonds is 5. The molecule has 1 atom stereocenters. The number of hydrogen-bond donors (Lipinski definition) is 2. The number of nitrogens with one attached hydrogen (secondary N) is 2. The molecule has 0 saturated carbocycles. The highest BCUT2D eigenvalue weighted by atomic mass is 19.1. The molecule has 1 aliphatic rings. The minimum absolute atomic E-state index is 0.00456. The average Bonchev–Trinajstić information content (AvgIpc) is 3.08. The number of aromatic nitrogens is 1. The van der Waals surface area contributed by atoms with E-state index in [1.807, 2.05) is 20.0 Å². The summed E-state index contributed by atoms with van der Waals surface area (Å²) < 4.78 is 13.4. The first-order valence-electron chi connectivity index (χ1n) is 8.27. The highest BCUT2D eigenvalue weighted by molar-refractivity contribution is 5.89. The first-order valence-corrected chi connectivity index (χ1v) is 8.27. The molecule has 128 valence electrons. The van der Waals surface area contributed by atoms with E-state index in [4.69, 9.17) is 0 Å². The van der Waals surface area contributed by atoms with Gasteiger partial charge in [-0.15, -0.1) is 0 Å². The van der Waals surface area contributed by atoms with Crippen molar-refractivity contribution in [2.24, 2.45) is 5.92 Å². The van der Waals surface area contributed by atoms with Crippen LogP contribution >= 0.6 is 0 Å². The molecule has 0 unspecified atom stereocenters. The van der Waals surface area contributed by atoms with Crippen LogP contribution in [0.1, 0.15) is 25.8 Å². The van der Waals surface area contributed by atoms with Crippen LogP contribution < -0.4 is 5.32 Å². The second-order valence-corrected chi connectivity index (χ2v) is 6.66. The van der Waals surface area contributed by atoms with Crippen LogP contribution in [0, 0.1) is 11.7 Å². The van der Waals surface area contributed by atoms with Crippen LogP contribution in [0.15, 0.2) is 24.4 Å². The lowest BCUT2D eigenvalue weighted by molar-refractivity contribution is -0.129. The monoisotopic (exact) mass is 331 g/mol. The molecular weight excluding hydrogens is 309 g/mol. The molecule has 2 heterocycles. The smallest absolute Gasteiger partial charge is 0.225 e. The van der Waals surface area contributed by atoms with E-state index in [2.05, 4.69) is 10.3 Å². The number of amides is 2. The Morgan fingerprint density at radius 3 is 3.00 bits per heavy atom. The Morgan fingerprint density at radius 1 is 1.46 bits per heavy atom. The van der Waals surface area contributed by atoms with Crippen molar-refractivity contribution < 1.29 is 14.0 Å². The number of carbonyl (C=O) groups is 2. The summed E-state index contributed by atoms with van der Waals surface area (Å²) in [5, 5.41) is 3.70. The van der Waals surface area contributed by atoms with Gasteiger partial charge in [-0.1, -0.05) is 0 Å². The Labute approximate surface area is 140 Å². The van der Waals surface area contributed by atoms with Gasteiger partial charge in [0, 0.05) is 42.7 Å². The van der Waals surface area contributed by atoms with E-state index >= 15 is 0 Å². The standard InChI is InChI=1S/C18H22FN3O2/c1-11(2)21-18(24)13-7-17(23)22(10-13)6-5-12-9-20-16-4-3-14(19)8-15(12)16/h3-4,8-9,11,13,20H,5-7,10H2,1-2H3,(H,21,24)/t13-/m0/s1. The fourth-order valence-corrected chi connectivity index (χ4v) is 3.18.